The van der Waals surface area contributed by atoms with Gasteiger partial charge in [-0.3, -0.25) is 9.80 Å². The molecule has 0 atom stereocenters. The van der Waals surface area contributed by atoms with Crippen LogP contribution < -0.4 is 0 Å². The summed E-state index contributed by atoms with van der Waals surface area (Å²) < 4.78 is 0. The van der Waals surface area contributed by atoms with E-state index < -0.39 is 0 Å². The minimum absolute atomic E-state index is 0.714. The lowest BCUT2D eigenvalue weighted by Gasteiger charge is -2.24. The molecule has 0 radical (unpaired) electrons. The van der Waals surface area contributed by atoms with E-state index in [2.05, 4.69) is 30.8 Å². The number of hydrogen-bond donors (Lipinski definition) is 0. The van der Waals surface area contributed by atoms with Crippen molar-refractivity contribution in [3.05, 3.63) is 0 Å². The summed E-state index contributed by atoms with van der Waals surface area (Å²) >= 11 is 0. The fraction of sp³-hybridized carbons (Fsp3) is 1.00. The molecule has 25 heavy (non-hydrogen) atoms. The average Bonchev–Trinajstić information content (AvgIpc) is 2.93. The molecule has 1 fully saturated rings. The Balaban J connectivity index is 1.72. The largest absolute Gasteiger partial charge is 0.290 e. The molecule has 1 aliphatic heterocycles. The topological polar surface area (TPSA) is 6.48 Å². The van der Waals surface area contributed by atoms with Gasteiger partial charge in [0.25, 0.3) is 0 Å². The summed E-state index contributed by atoms with van der Waals surface area (Å²) in [7, 11) is 4.56. The Hall–Kier alpha value is -0.0800. The molecule has 150 valence electrons. The van der Waals surface area contributed by atoms with Gasteiger partial charge in [0.1, 0.15) is 0 Å². The Morgan fingerprint density at radius 1 is 0.520 bits per heavy atom. The van der Waals surface area contributed by atoms with Gasteiger partial charge >= 0.3 is 0 Å². The summed E-state index contributed by atoms with van der Waals surface area (Å²) in [5.74, 6) is 0. The van der Waals surface area contributed by atoms with Crippen molar-refractivity contribution >= 4 is 0 Å². The second kappa shape index (κ2) is 16.1. The Morgan fingerprint density at radius 3 is 1.20 bits per heavy atom. The van der Waals surface area contributed by atoms with Crippen molar-refractivity contribution < 1.29 is 0 Å². The quantitative estimate of drug-likeness (QED) is 0.264. The van der Waals surface area contributed by atoms with E-state index in [9.17, 15) is 0 Å². The van der Waals surface area contributed by atoms with Gasteiger partial charge in [-0.05, 0) is 20.5 Å². The van der Waals surface area contributed by atoms with Crippen LogP contribution in [0, 0.1) is 0 Å². The van der Waals surface area contributed by atoms with E-state index >= 15 is 0 Å². The van der Waals surface area contributed by atoms with Crippen LogP contribution in [0.15, 0.2) is 0 Å². The minimum Gasteiger partial charge on any atom is -0.290 e. The van der Waals surface area contributed by atoms with Crippen molar-refractivity contribution in [2.24, 2.45) is 0 Å². The lowest BCUT2D eigenvalue weighted by molar-refractivity contribution is 0.171. The van der Waals surface area contributed by atoms with Crippen LogP contribution in [0.3, 0.4) is 0 Å². The molecule has 0 saturated carbocycles. The fourth-order valence-electron chi connectivity index (χ4n) is 4.27. The fourth-order valence-corrected chi connectivity index (χ4v) is 4.27. The Kier molecular flexibility index (Phi) is 14.8. The van der Waals surface area contributed by atoms with Gasteiger partial charge in [-0.25, -0.2) is 0 Å². The van der Waals surface area contributed by atoms with Crippen LogP contribution in [0.1, 0.15) is 116 Å². The molecule has 0 aromatic rings. The number of likely N-dealkylation sites (N-methyl/N-ethyl adjacent to an activating group) is 2. The molecule has 0 aromatic carbocycles. The summed E-state index contributed by atoms with van der Waals surface area (Å²) in [6.45, 7) is 4.80. The van der Waals surface area contributed by atoms with E-state index in [1.54, 1.807) is 0 Å². The third-order valence-electron chi connectivity index (χ3n) is 6.14. The lowest BCUT2D eigenvalue weighted by atomic mass is 10.0. The van der Waals surface area contributed by atoms with Gasteiger partial charge in [0.05, 0.1) is 6.17 Å². The summed E-state index contributed by atoms with van der Waals surface area (Å²) in [6.07, 6.45) is 25.4. The molecule has 2 heteroatoms. The molecule has 0 unspecified atom stereocenters. The van der Waals surface area contributed by atoms with Crippen LogP contribution in [-0.2, 0) is 0 Å². The van der Waals surface area contributed by atoms with Crippen molar-refractivity contribution in [1.82, 2.24) is 9.80 Å². The standard InChI is InChI=1S/C23H48N2/c1-4-5-6-7-8-9-10-11-12-13-14-15-16-17-18-19-20-23-24(2)21-22-25(23)3/h23H,4-22H2,1-3H3. The zero-order chi connectivity index (χ0) is 18.2. The number of unbranched alkanes of at least 4 members (excludes halogenated alkanes) is 15. The first-order valence-electron chi connectivity index (χ1n) is 11.7. The Morgan fingerprint density at radius 2 is 0.840 bits per heavy atom. The molecule has 0 bridgehead atoms. The summed E-state index contributed by atoms with van der Waals surface area (Å²) in [4.78, 5) is 5.04. The molecular formula is C23H48N2. The molecule has 0 aliphatic carbocycles. The smallest absolute Gasteiger partial charge is 0.0618 e. The second-order valence-corrected chi connectivity index (χ2v) is 8.53. The highest BCUT2D eigenvalue weighted by molar-refractivity contribution is 4.76. The predicted molar refractivity (Wildman–Crippen MR) is 113 cm³/mol. The van der Waals surface area contributed by atoms with Crippen LogP contribution in [0.4, 0.5) is 0 Å². The molecule has 1 rings (SSSR count). The zero-order valence-electron chi connectivity index (χ0n) is 17.9. The van der Waals surface area contributed by atoms with E-state index in [0.29, 0.717) is 6.17 Å². The molecule has 1 aliphatic rings. The van der Waals surface area contributed by atoms with Gasteiger partial charge < -0.3 is 0 Å². The van der Waals surface area contributed by atoms with Gasteiger partial charge in [0.15, 0.2) is 0 Å². The van der Waals surface area contributed by atoms with Gasteiger partial charge in [0, 0.05) is 13.1 Å². The molecule has 1 heterocycles. The van der Waals surface area contributed by atoms with Gasteiger partial charge in [-0.2, -0.15) is 0 Å². The van der Waals surface area contributed by atoms with Gasteiger partial charge in [0.2, 0.25) is 0 Å². The van der Waals surface area contributed by atoms with Crippen LogP contribution >= 0.6 is 0 Å². The van der Waals surface area contributed by atoms with Crippen molar-refractivity contribution in [2.45, 2.75) is 122 Å². The van der Waals surface area contributed by atoms with Crippen molar-refractivity contribution in [3.63, 3.8) is 0 Å². The van der Waals surface area contributed by atoms with Gasteiger partial charge in [-0.15, -0.1) is 0 Å². The summed E-state index contributed by atoms with van der Waals surface area (Å²) in [6, 6.07) is 0. The first-order chi connectivity index (χ1) is 12.3. The Bertz CT molecular complexity index is 269. The molecular weight excluding hydrogens is 304 g/mol. The molecule has 0 aromatic heterocycles. The lowest BCUT2D eigenvalue weighted by Crippen LogP contribution is -2.34. The molecule has 0 N–H and O–H groups in total. The highest BCUT2D eigenvalue weighted by Gasteiger charge is 2.24. The van der Waals surface area contributed by atoms with E-state index in [0.717, 1.165) is 0 Å². The molecule has 0 amide bonds. The van der Waals surface area contributed by atoms with E-state index in [-0.39, 0.29) is 0 Å². The van der Waals surface area contributed by atoms with Crippen molar-refractivity contribution in [2.75, 3.05) is 27.2 Å². The number of hydrogen-bond acceptors (Lipinski definition) is 2. The van der Waals surface area contributed by atoms with Crippen molar-refractivity contribution in [1.29, 1.82) is 0 Å². The highest BCUT2D eigenvalue weighted by atomic mass is 15.4. The monoisotopic (exact) mass is 352 g/mol. The van der Waals surface area contributed by atoms with E-state index in [1.807, 2.05) is 0 Å². The maximum Gasteiger partial charge on any atom is 0.0618 e. The Labute approximate surface area is 159 Å². The number of nitrogens with zero attached hydrogens (tertiary/aromatic N) is 2. The predicted octanol–water partition coefficient (Wildman–Crippen LogP) is 6.84. The maximum absolute atomic E-state index is 2.52. The third-order valence-corrected chi connectivity index (χ3v) is 6.14. The SMILES string of the molecule is CCCCCCCCCCCCCCCCCCC1N(C)CCN1C. The third kappa shape index (κ3) is 12.0. The van der Waals surface area contributed by atoms with Crippen LogP contribution in [-0.4, -0.2) is 43.2 Å². The minimum atomic E-state index is 0.714. The number of rotatable bonds is 17. The molecule has 2 nitrogen and oxygen atoms in total. The van der Waals surface area contributed by atoms with Gasteiger partial charge in [-0.1, -0.05) is 110 Å². The highest BCUT2D eigenvalue weighted by Crippen LogP contribution is 2.18. The first-order valence-corrected chi connectivity index (χ1v) is 11.7. The summed E-state index contributed by atoms with van der Waals surface area (Å²) in [5.41, 5.74) is 0. The van der Waals surface area contributed by atoms with E-state index in [1.165, 1.54) is 122 Å². The van der Waals surface area contributed by atoms with Crippen LogP contribution in [0.25, 0.3) is 0 Å². The normalized spacial score (nSPS) is 16.9. The molecule has 0 spiro atoms. The molecule has 1 saturated heterocycles. The van der Waals surface area contributed by atoms with Crippen LogP contribution in [0.2, 0.25) is 0 Å². The zero-order valence-corrected chi connectivity index (χ0v) is 17.9. The van der Waals surface area contributed by atoms with Crippen molar-refractivity contribution in [3.8, 4) is 0 Å². The van der Waals surface area contributed by atoms with Crippen LogP contribution in [0.5, 0.6) is 0 Å². The average molecular weight is 353 g/mol. The first kappa shape index (κ1) is 23.0. The maximum atomic E-state index is 2.52. The second-order valence-electron chi connectivity index (χ2n) is 8.53. The summed E-state index contributed by atoms with van der Waals surface area (Å²) in [5, 5.41) is 0. The van der Waals surface area contributed by atoms with E-state index in [4.69, 9.17) is 0 Å².